The van der Waals surface area contributed by atoms with Crippen molar-refractivity contribution in [1.82, 2.24) is 5.32 Å². The second-order valence-corrected chi connectivity index (χ2v) is 21.4. The Balaban J connectivity index is 3.10. The van der Waals surface area contributed by atoms with Gasteiger partial charge in [0.25, 0.3) is 5.91 Å². The van der Waals surface area contributed by atoms with E-state index in [0.29, 0.717) is 25.7 Å². The van der Waals surface area contributed by atoms with Crippen molar-refractivity contribution in [2.75, 3.05) is 33.0 Å². The van der Waals surface area contributed by atoms with Crippen LogP contribution in [0.2, 0.25) is 0 Å². The fraction of sp³-hybridized carbons (Fsp3) is 0.803. The second kappa shape index (κ2) is 48.7. The predicted octanol–water partition coefficient (Wildman–Crippen LogP) is 6.05. The first-order valence-electron chi connectivity index (χ1n) is 30.4. The summed E-state index contributed by atoms with van der Waals surface area (Å²) in [5.74, 6) is -4.03. The Kier molecular flexibility index (Phi) is 45.3. The SMILES string of the molecule is CCCCCCCC=CC(C)=CCCC=CC(O)C(O)C(COC1OC(CO)C(O)C(O)C1O)NC(=O)C(O)C(O)C(CCCCCCCCCC=CCCCCCCCCC)OC(=O)C(O)COC(=O)CCCOC(=O)CCCO. The minimum Gasteiger partial charge on any atom is -0.466 e. The number of unbranched alkanes of at least 4 members (excludes halogenated alkanes) is 20. The van der Waals surface area contributed by atoms with Gasteiger partial charge in [-0.1, -0.05) is 158 Å². The molecule has 0 saturated carbocycles. The maximum absolute atomic E-state index is 13.8. The van der Waals surface area contributed by atoms with Crippen LogP contribution in [0.1, 0.15) is 207 Å². The van der Waals surface area contributed by atoms with Crippen molar-refractivity contribution in [2.24, 2.45) is 0 Å². The molecule has 20 nitrogen and oxygen atoms in total. The van der Waals surface area contributed by atoms with Crippen LogP contribution in [0.3, 0.4) is 0 Å². The summed E-state index contributed by atoms with van der Waals surface area (Å²) < 4.78 is 26.5. The Labute approximate surface area is 483 Å². The monoisotopic (exact) mass is 1160 g/mol. The summed E-state index contributed by atoms with van der Waals surface area (Å²) in [4.78, 5) is 51.0. The van der Waals surface area contributed by atoms with Gasteiger partial charge in [-0.2, -0.15) is 0 Å². The molecule has 1 aliphatic rings. The number of ether oxygens (including phenoxy) is 5. The number of carbonyl (C=O) groups excluding carboxylic acids is 4. The molecule has 0 spiro atoms. The molecule has 0 aromatic carbocycles. The molecule has 81 heavy (non-hydrogen) atoms. The van der Waals surface area contributed by atoms with Gasteiger partial charge in [0.1, 0.15) is 55.4 Å². The number of nitrogens with one attached hydrogen (secondary N) is 1. The minimum absolute atomic E-state index is 0.00986. The second-order valence-electron chi connectivity index (χ2n) is 21.4. The number of esters is 3. The van der Waals surface area contributed by atoms with E-state index in [9.17, 15) is 65.1 Å². The van der Waals surface area contributed by atoms with Crippen LogP contribution in [0.25, 0.3) is 0 Å². The van der Waals surface area contributed by atoms with Crippen LogP contribution in [0.5, 0.6) is 0 Å². The highest BCUT2D eigenvalue weighted by molar-refractivity contribution is 5.82. The first-order chi connectivity index (χ1) is 39.0. The van der Waals surface area contributed by atoms with E-state index < -0.39 is 117 Å². The predicted molar refractivity (Wildman–Crippen MR) is 307 cm³/mol. The van der Waals surface area contributed by atoms with Gasteiger partial charge >= 0.3 is 17.9 Å². The van der Waals surface area contributed by atoms with E-state index in [2.05, 4.69) is 43.5 Å². The molecule has 12 atom stereocenters. The van der Waals surface area contributed by atoms with Gasteiger partial charge < -0.3 is 80.1 Å². The van der Waals surface area contributed by atoms with Gasteiger partial charge in [-0.25, -0.2) is 4.79 Å². The molecule has 1 aliphatic heterocycles. The van der Waals surface area contributed by atoms with Crippen LogP contribution >= 0.6 is 0 Å². The molecule has 1 amide bonds. The number of rotatable bonds is 50. The van der Waals surface area contributed by atoms with Crippen LogP contribution in [0.15, 0.2) is 48.1 Å². The lowest BCUT2D eigenvalue weighted by Crippen LogP contribution is -2.61. The Bertz CT molecular complexity index is 1740. The zero-order valence-electron chi connectivity index (χ0n) is 49.2. The van der Waals surface area contributed by atoms with Crippen molar-refractivity contribution in [3.63, 3.8) is 0 Å². The number of aliphatic hydroxyl groups is 10. The van der Waals surface area contributed by atoms with Gasteiger partial charge in [0.05, 0.1) is 25.9 Å². The molecule has 0 aromatic rings. The molecular formula is C61H107NO19. The topological polar surface area (TPSA) is 329 Å². The fourth-order valence-electron chi connectivity index (χ4n) is 8.94. The molecule has 0 bridgehead atoms. The third-order valence-electron chi connectivity index (χ3n) is 14.1. The molecule has 1 rings (SSSR count). The van der Waals surface area contributed by atoms with Crippen molar-refractivity contribution in [1.29, 1.82) is 0 Å². The summed E-state index contributed by atoms with van der Waals surface area (Å²) >= 11 is 0. The normalized spacial score (nSPS) is 20.5. The number of hydrogen-bond acceptors (Lipinski definition) is 19. The number of amides is 1. The number of hydrogen-bond donors (Lipinski definition) is 11. The number of aliphatic hydroxyl groups excluding tert-OH is 10. The van der Waals surface area contributed by atoms with Gasteiger partial charge in [0.15, 0.2) is 18.5 Å². The Morgan fingerprint density at radius 1 is 0.593 bits per heavy atom. The van der Waals surface area contributed by atoms with Crippen molar-refractivity contribution in [2.45, 2.75) is 280 Å². The zero-order chi connectivity index (χ0) is 60.0. The molecular weight excluding hydrogens is 1050 g/mol. The molecule has 470 valence electrons. The maximum Gasteiger partial charge on any atom is 0.338 e. The summed E-state index contributed by atoms with van der Waals surface area (Å²) in [5, 5.41) is 108. The molecule has 12 unspecified atom stereocenters. The van der Waals surface area contributed by atoms with Crippen molar-refractivity contribution in [3.8, 4) is 0 Å². The third-order valence-corrected chi connectivity index (χ3v) is 14.1. The van der Waals surface area contributed by atoms with Crippen LogP contribution in [-0.4, -0.2) is 181 Å². The van der Waals surface area contributed by atoms with Gasteiger partial charge in [-0.3, -0.25) is 14.4 Å². The highest BCUT2D eigenvalue weighted by atomic mass is 16.7. The van der Waals surface area contributed by atoms with E-state index in [1.807, 2.05) is 13.0 Å². The summed E-state index contributed by atoms with van der Waals surface area (Å²) in [6.45, 7) is 3.73. The van der Waals surface area contributed by atoms with Crippen molar-refractivity contribution in [3.05, 3.63) is 48.1 Å². The third kappa shape index (κ3) is 36.0. The highest BCUT2D eigenvalue weighted by Crippen LogP contribution is 2.23. The summed E-state index contributed by atoms with van der Waals surface area (Å²) in [6, 6.07) is -1.62. The minimum atomic E-state index is -2.36. The highest BCUT2D eigenvalue weighted by Gasteiger charge is 2.45. The van der Waals surface area contributed by atoms with E-state index in [1.165, 1.54) is 76.7 Å². The first kappa shape index (κ1) is 75.4. The molecule has 0 aliphatic carbocycles. The first-order valence-corrected chi connectivity index (χ1v) is 30.4. The lowest BCUT2D eigenvalue weighted by atomic mass is 9.98. The van der Waals surface area contributed by atoms with Crippen molar-refractivity contribution >= 4 is 23.8 Å². The van der Waals surface area contributed by atoms with Crippen LogP contribution in [-0.2, 0) is 42.9 Å². The zero-order valence-corrected chi connectivity index (χ0v) is 49.2. The van der Waals surface area contributed by atoms with Gasteiger partial charge in [0.2, 0.25) is 0 Å². The van der Waals surface area contributed by atoms with E-state index >= 15 is 0 Å². The van der Waals surface area contributed by atoms with Crippen LogP contribution in [0.4, 0.5) is 0 Å². The average Bonchev–Trinajstić information content (AvgIpc) is 3.46. The van der Waals surface area contributed by atoms with E-state index in [0.717, 1.165) is 63.4 Å². The summed E-state index contributed by atoms with van der Waals surface area (Å²) in [7, 11) is 0. The lowest BCUT2D eigenvalue weighted by molar-refractivity contribution is -0.303. The summed E-state index contributed by atoms with van der Waals surface area (Å²) in [6.07, 6.45) is 18.5. The fourth-order valence-corrected chi connectivity index (χ4v) is 8.94. The van der Waals surface area contributed by atoms with E-state index in [-0.39, 0.29) is 45.3 Å². The van der Waals surface area contributed by atoms with Gasteiger partial charge in [0, 0.05) is 19.4 Å². The van der Waals surface area contributed by atoms with E-state index in [1.54, 1.807) is 6.08 Å². The number of carbonyl (C=O) groups is 4. The largest absolute Gasteiger partial charge is 0.466 e. The average molecular weight is 1160 g/mol. The molecule has 20 heteroatoms. The standard InChI is InChI=1S/C61H107NO19/c1-4-6-8-10-12-13-14-15-16-17-18-19-20-21-22-24-26-31-37-49(80-60(76)48(66)44-78-52(68)39-33-41-77-51(67)38-32-40-63)54(70)57(73)59(75)62-46(43-79-61-58(74)56(72)55(71)50(42-64)81-61)53(69)47(65)36-30-27-29-35-45(3)34-28-25-23-11-9-7-5-2/h16-17,28,30,34-36,46-50,53-58,61,63-66,69-74H,4-15,18-27,29,31-33,37-44H2,1-3H3,(H,62,75). The van der Waals surface area contributed by atoms with Gasteiger partial charge in [-0.15, -0.1) is 0 Å². The Morgan fingerprint density at radius 2 is 1.15 bits per heavy atom. The lowest BCUT2D eigenvalue weighted by Gasteiger charge is -2.40. The van der Waals surface area contributed by atoms with Crippen molar-refractivity contribution < 1.29 is 93.9 Å². The summed E-state index contributed by atoms with van der Waals surface area (Å²) in [5.41, 5.74) is 1.07. The van der Waals surface area contributed by atoms with E-state index in [4.69, 9.17) is 28.8 Å². The molecule has 1 heterocycles. The smallest absolute Gasteiger partial charge is 0.338 e. The van der Waals surface area contributed by atoms with Crippen LogP contribution in [0, 0.1) is 0 Å². The quantitative estimate of drug-likeness (QED) is 0.0109. The number of allylic oxidation sites excluding steroid dienone is 7. The maximum atomic E-state index is 13.8. The Morgan fingerprint density at radius 3 is 1.74 bits per heavy atom. The molecule has 0 aromatic heterocycles. The Hall–Kier alpha value is -3.64. The van der Waals surface area contributed by atoms with Crippen LogP contribution < -0.4 is 5.32 Å². The molecule has 0 radical (unpaired) electrons. The van der Waals surface area contributed by atoms with Gasteiger partial charge in [-0.05, 0) is 84.0 Å². The molecule has 11 N–H and O–H groups in total. The molecule has 1 fully saturated rings. The molecule has 1 saturated heterocycles.